The van der Waals surface area contributed by atoms with Crippen molar-refractivity contribution < 1.29 is 4.42 Å². The Balaban J connectivity index is 1.30. The molecule has 0 bridgehead atoms. The van der Waals surface area contributed by atoms with Gasteiger partial charge in [-0.25, -0.2) is 4.98 Å². The zero-order valence-corrected chi connectivity index (χ0v) is 18.7. The van der Waals surface area contributed by atoms with Crippen LogP contribution in [0.3, 0.4) is 0 Å². The van der Waals surface area contributed by atoms with Gasteiger partial charge in [0, 0.05) is 22.6 Å². The van der Waals surface area contributed by atoms with Gasteiger partial charge in [0.05, 0.1) is 18.5 Å². The smallest absolute Gasteiger partial charge is 0.192 e. The lowest BCUT2D eigenvalue weighted by Gasteiger charge is -2.07. The molecule has 0 spiro atoms. The lowest BCUT2D eigenvalue weighted by atomic mass is 10.0. The second-order valence-corrected chi connectivity index (χ2v) is 9.79. The third-order valence-electron chi connectivity index (χ3n) is 5.31. The maximum absolute atomic E-state index is 5.56. The molecule has 5 nitrogen and oxygen atoms in total. The van der Waals surface area contributed by atoms with Gasteiger partial charge >= 0.3 is 0 Å². The molecule has 4 aromatic rings. The van der Waals surface area contributed by atoms with E-state index in [-0.39, 0.29) is 0 Å². The van der Waals surface area contributed by atoms with Gasteiger partial charge in [0.25, 0.3) is 0 Å². The first kappa shape index (κ1) is 19.6. The molecule has 30 heavy (non-hydrogen) atoms. The van der Waals surface area contributed by atoms with E-state index in [1.165, 1.54) is 24.0 Å². The monoisotopic (exact) mass is 436 g/mol. The number of hydrogen-bond donors (Lipinski definition) is 0. The van der Waals surface area contributed by atoms with Gasteiger partial charge in [-0.3, -0.25) is 4.57 Å². The molecule has 1 saturated carbocycles. The topological polar surface area (TPSA) is 56.7 Å². The fourth-order valence-corrected chi connectivity index (χ4v) is 5.18. The molecular weight excluding hydrogens is 412 g/mol. The van der Waals surface area contributed by atoms with Crippen LogP contribution in [0, 0.1) is 0 Å². The summed E-state index contributed by atoms with van der Waals surface area (Å²) >= 11 is 3.39. The Hall–Kier alpha value is -2.38. The van der Waals surface area contributed by atoms with Crippen LogP contribution in [0.1, 0.15) is 61.4 Å². The minimum atomic E-state index is 0.543. The number of rotatable bonds is 8. The predicted molar refractivity (Wildman–Crippen MR) is 121 cm³/mol. The summed E-state index contributed by atoms with van der Waals surface area (Å²) in [6.45, 7) is 5.11. The Labute approximate surface area is 184 Å². The van der Waals surface area contributed by atoms with E-state index in [4.69, 9.17) is 9.40 Å². The van der Waals surface area contributed by atoms with Crippen molar-refractivity contribution in [3.8, 4) is 10.6 Å². The van der Waals surface area contributed by atoms with Gasteiger partial charge in [-0.05, 0) is 36.5 Å². The summed E-state index contributed by atoms with van der Waals surface area (Å²) in [6, 6.07) is 12.7. The van der Waals surface area contributed by atoms with Crippen molar-refractivity contribution in [1.82, 2.24) is 19.7 Å². The van der Waals surface area contributed by atoms with Crippen LogP contribution < -0.4 is 0 Å². The molecule has 0 N–H and O–H groups in total. The number of nitrogens with zero attached hydrogens (tertiary/aromatic N) is 4. The van der Waals surface area contributed by atoms with Crippen molar-refractivity contribution in [3.63, 3.8) is 0 Å². The summed E-state index contributed by atoms with van der Waals surface area (Å²) in [5.74, 6) is 3.88. The van der Waals surface area contributed by atoms with Gasteiger partial charge < -0.3 is 4.42 Å². The van der Waals surface area contributed by atoms with Gasteiger partial charge in [0.1, 0.15) is 16.6 Å². The van der Waals surface area contributed by atoms with E-state index in [1.807, 2.05) is 12.1 Å². The van der Waals surface area contributed by atoms with Gasteiger partial charge in [0.15, 0.2) is 5.16 Å². The molecule has 3 heterocycles. The molecule has 0 atom stereocenters. The van der Waals surface area contributed by atoms with Crippen LogP contribution >= 0.6 is 23.1 Å². The van der Waals surface area contributed by atoms with E-state index >= 15 is 0 Å². The summed E-state index contributed by atoms with van der Waals surface area (Å²) < 4.78 is 7.77. The van der Waals surface area contributed by atoms with Crippen molar-refractivity contribution in [1.29, 1.82) is 0 Å². The van der Waals surface area contributed by atoms with Crippen molar-refractivity contribution in [3.05, 3.63) is 70.9 Å². The summed E-state index contributed by atoms with van der Waals surface area (Å²) in [6.07, 6.45) is 4.12. The molecule has 1 aliphatic rings. The molecule has 0 aliphatic heterocycles. The molecule has 154 valence electrons. The molecule has 5 rings (SSSR count). The summed E-state index contributed by atoms with van der Waals surface area (Å²) in [7, 11) is 0. The molecule has 1 aromatic carbocycles. The van der Waals surface area contributed by atoms with E-state index in [1.54, 1.807) is 29.4 Å². The number of thioether (sulfide) groups is 1. The first-order valence-electron chi connectivity index (χ1n) is 10.3. The summed E-state index contributed by atoms with van der Waals surface area (Å²) in [4.78, 5) is 4.85. The van der Waals surface area contributed by atoms with E-state index in [9.17, 15) is 0 Å². The lowest BCUT2D eigenvalue weighted by molar-refractivity contribution is 0.478. The zero-order chi connectivity index (χ0) is 20.5. The standard InChI is InChI=1S/C23H24N4OS2/c1-15(2)16-5-9-18(10-6-16)22-24-19(13-29-22)14-30-23-26-25-21(17-7-8-17)27(23)12-20-4-3-11-28-20/h3-6,9-11,13,15,17H,7-8,12,14H2,1-2H3. The fraction of sp³-hybridized carbons (Fsp3) is 0.348. The van der Waals surface area contributed by atoms with Crippen LogP contribution in [-0.2, 0) is 12.3 Å². The van der Waals surface area contributed by atoms with E-state index in [2.05, 4.69) is 58.3 Å². The molecule has 1 aliphatic carbocycles. The number of hydrogen-bond acceptors (Lipinski definition) is 6. The van der Waals surface area contributed by atoms with Crippen molar-refractivity contribution in [2.24, 2.45) is 0 Å². The maximum Gasteiger partial charge on any atom is 0.192 e. The van der Waals surface area contributed by atoms with Gasteiger partial charge in [-0.2, -0.15) is 0 Å². The highest BCUT2D eigenvalue weighted by atomic mass is 32.2. The third-order valence-corrected chi connectivity index (χ3v) is 7.25. The number of benzene rings is 1. The quantitative estimate of drug-likeness (QED) is 0.302. The van der Waals surface area contributed by atoms with Crippen molar-refractivity contribution in [2.45, 2.75) is 56.0 Å². The molecule has 3 aromatic heterocycles. The highest BCUT2D eigenvalue weighted by Gasteiger charge is 2.30. The van der Waals surface area contributed by atoms with Crippen LogP contribution in [-0.4, -0.2) is 19.7 Å². The van der Waals surface area contributed by atoms with Crippen molar-refractivity contribution >= 4 is 23.1 Å². The Kier molecular flexibility index (Phi) is 5.48. The lowest BCUT2D eigenvalue weighted by Crippen LogP contribution is -2.05. The van der Waals surface area contributed by atoms with Crippen LogP contribution in [0.25, 0.3) is 10.6 Å². The minimum absolute atomic E-state index is 0.543. The second-order valence-electron chi connectivity index (χ2n) is 7.99. The SMILES string of the molecule is CC(C)c1ccc(-c2nc(CSc3nnc(C4CC4)n3Cc3ccco3)cs2)cc1. The molecule has 0 amide bonds. The highest BCUT2D eigenvalue weighted by molar-refractivity contribution is 7.98. The van der Waals surface area contributed by atoms with Crippen molar-refractivity contribution in [2.75, 3.05) is 0 Å². The minimum Gasteiger partial charge on any atom is -0.467 e. The third kappa shape index (κ3) is 4.23. The van der Waals surface area contributed by atoms with Gasteiger partial charge in [-0.15, -0.1) is 21.5 Å². The van der Waals surface area contributed by atoms with Crippen LogP contribution in [0.5, 0.6) is 0 Å². The van der Waals surface area contributed by atoms with Crippen LogP contribution in [0.4, 0.5) is 0 Å². The largest absolute Gasteiger partial charge is 0.467 e. The molecule has 0 unspecified atom stereocenters. The maximum atomic E-state index is 5.56. The number of aromatic nitrogens is 4. The number of furan rings is 1. The zero-order valence-electron chi connectivity index (χ0n) is 17.1. The number of thiazole rings is 1. The van der Waals surface area contributed by atoms with Gasteiger partial charge in [0.2, 0.25) is 0 Å². The van der Waals surface area contributed by atoms with Crippen LogP contribution in [0.15, 0.2) is 57.6 Å². The Morgan fingerprint density at radius 1 is 1.17 bits per heavy atom. The predicted octanol–water partition coefficient (Wildman–Crippen LogP) is 6.34. The Morgan fingerprint density at radius 2 is 2.00 bits per heavy atom. The molecule has 1 fully saturated rings. The van der Waals surface area contributed by atoms with Gasteiger partial charge in [-0.1, -0.05) is 49.9 Å². The van der Waals surface area contributed by atoms with E-state index in [0.717, 1.165) is 33.2 Å². The highest BCUT2D eigenvalue weighted by Crippen LogP contribution is 2.40. The molecule has 0 saturated heterocycles. The first-order valence-corrected chi connectivity index (χ1v) is 12.2. The summed E-state index contributed by atoms with van der Waals surface area (Å²) in [5.41, 5.74) is 3.61. The van der Waals surface area contributed by atoms with Crippen LogP contribution in [0.2, 0.25) is 0 Å². The molecule has 0 radical (unpaired) electrons. The molecule has 7 heteroatoms. The molecular formula is C23H24N4OS2. The Bertz CT molecular complexity index is 1110. The van der Waals surface area contributed by atoms with E-state index < -0.39 is 0 Å². The fourth-order valence-electron chi connectivity index (χ4n) is 3.41. The normalized spacial score (nSPS) is 14.0. The Morgan fingerprint density at radius 3 is 2.70 bits per heavy atom. The average molecular weight is 437 g/mol. The second kappa shape index (κ2) is 8.40. The first-order chi connectivity index (χ1) is 14.7. The average Bonchev–Trinajstić information content (AvgIpc) is 3.14. The van der Waals surface area contributed by atoms with E-state index in [0.29, 0.717) is 18.4 Å². The summed E-state index contributed by atoms with van der Waals surface area (Å²) in [5, 5.41) is 13.1.